The molecule has 8 heteroatoms. The number of rotatable bonds is 4. The Hall–Kier alpha value is -1.96. The van der Waals surface area contributed by atoms with Gasteiger partial charge in [0.2, 0.25) is 5.91 Å². The van der Waals surface area contributed by atoms with E-state index in [0.29, 0.717) is 11.8 Å². The van der Waals surface area contributed by atoms with Crippen LogP contribution in [-0.4, -0.2) is 34.4 Å². The fourth-order valence-corrected chi connectivity index (χ4v) is 3.01. The minimum atomic E-state index is -1.44. The van der Waals surface area contributed by atoms with Gasteiger partial charge in [-0.2, -0.15) is 0 Å². The van der Waals surface area contributed by atoms with Gasteiger partial charge in [-0.1, -0.05) is 11.8 Å². The highest BCUT2D eigenvalue weighted by atomic mass is 32.2. The number of carbonyl (C=O) groups excluding carboxylic acids is 2. The Kier molecular flexibility index (Phi) is 4.80. The lowest BCUT2D eigenvalue weighted by Crippen LogP contribution is -2.28. The van der Waals surface area contributed by atoms with Crippen molar-refractivity contribution in [2.75, 3.05) is 17.2 Å². The third kappa shape index (κ3) is 3.27. The fourth-order valence-electron chi connectivity index (χ4n) is 2.32. The van der Waals surface area contributed by atoms with E-state index in [1.807, 2.05) is 0 Å². The molecule has 5 nitrogen and oxygen atoms in total. The van der Waals surface area contributed by atoms with Gasteiger partial charge >= 0.3 is 5.97 Å². The summed E-state index contributed by atoms with van der Waals surface area (Å²) < 4.78 is 27.4. The number of amides is 1. The van der Waals surface area contributed by atoms with Crippen molar-refractivity contribution < 1.29 is 28.3 Å². The van der Waals surface area contributed by atoms with Gasteiger partial charge in [-0.3, -0.25) is 9.59 Å². The lowest BCUT2D eigenvalue weighted by Gasteiger charge is -2.19. The standard InChI is InChI=1S/C14H13F2NO4S/c1-7(18)22-6-8-4-11(19)17(5-8)13-9(14(20)21)2-3-10(15)12(13)16/h2-3,8H,4-6H2,1H3,(H,20,21). The number of hydrogen-bond donors (Lipinski definition) is 1. The molecular formula is C14H13F2NO4S. The molecule has 1 aliphatic rings. The number of aromatic carboxylic acids is 1. The van der Waals surface area contributed by atoms with E-state index in [1.165, 1.54) is 6.92 Å². The van der Waals surface area contributed by atoms with Gasteiger partial charge in [-0.05, 0) is 18.1 Å². The van der Waals surface area contributed by atoms with Gasteiger partial charge in [-0.15, -0.1) is 0 Å². The van der Waals surface area contributed by atoms with Crippen molar-refractivity contribution in [3.8, 4) is 0 Å². The van der Waals surface area contributed by atoms with Crippen LogP contribution in [0.25, 0.3) is 0 Å². The summed E-state index contributed by atoms with van der Waals surface area (Å²) in [5.74, 6) is -4.34. The molecule has 118 valence electrons. The second-order valence-corrected chi connectivity index (χ2v) is 6.14. The van der Waals surface area contributed by atoms with E-state index in [9.17, 15) is 23.2 Å². The zero-order valence-electron chi connectivity index (χ0n) is 11.6. The molecule has 1 amide bonds. The number of carboxylic acids is 1. The van der Waals surface area contributed by atoms with E-state index in [0.717, 1.165) is 22.7 Å². The summed E-state index contributed by atoms with van der Waals surface area (Å²) in [7, 11) is 0. The molecule has 1 saturated heterocycles. The first-order chi connectivity index (χ1) is 10.3. The first kappa shape index (κ1) is 16.4. The van der Waals surface area contributed by atoms with Crippen molar-refractivity contribution in [3.05, 3.63) is 29.3 Å². The van der Waals surface area contributed by atoms with E-state index in [4.69, 9.17) is 5.11 Å². The largest absolute Gasteiger partial charge is 0.478 e. The minimum Gasteiger partial charge on any atom is -0.478 e. The molecule has 0 aliphatic carbocycles. The van der Waals surface area contributed by atoms with Gasteiger partial charge in [0.25, 0.3) is 0 Å². The van der Waals surface area contributed by atoms with E-state index in [2.05, 4.69) is 0 Å². The average molecular weight is 329 g/mol. The van der Waals surface area contributed by atoms with Crippen LogP contribution >= 0.6 is 11.8 Å². The summed E-state index contributed by atoms with van der Waals surface area (Å²) >= 11 is 1.04. The predicted molar refractivity (Wildman–Crippen MR) is 76.9 cm³/mol. The van der Waals surface area contributed by atoms with Crippen molar-refractivity contribution in [2.45, 2.75) is 13.3 Å². The van der Waals surface area contributed by atoms with Gasteiger partial charge in [0.1, 0.15) is 0 Å². The van der Waals surface area contributed by atoms with Gasteiger partial charge in [0.15, 0.2) is 16.7 Å². The number of nitrogens with zero attached hydrogens (tertiary/aromatic N) is 1. The van der Waals surface area contributed by atoms with Crippen molar-refractivity contribution in [1.82, 2.24) is 0 Å². The van der Waals surface area contributed by atoms with Crippen molar-refractivity contribution in [3.63, 3.8) is 0 Å². The number of anilines is 1. The molecule has 0 saturated carbocycles. The Morgan fingerprint density at radius 1 is 1.41 bits per heavy atom. The number of thioether (sulfide) groups is 1. The molecule has 2 rings (SSSR count). The first-order valence-corrected chi connectivity index (χ1v) is 7.44. The molecule has 1 fully saturated rings. The molecule has 0 aromatic heterocycles. The Morgan fingerprint density at radius 3 is 2.68 bits per heavy atom. The maximum atomic E-state index is 14.0. The molecule has 1 unspecified atom stereocenters. The van der Waals surface area contributed by atoms with E-state index in [1.54, 1.807) is 0 Å². The summed E-state index contributed by atoms with van der Waals surface area (Å²) in [4.78, 5) is 35.1. The number of halogens is 2. The number of carboxylic acid groups (broad SMARTS) is 1. The summed E-state index contributed by atoms with van der Waals surface area (Å²) in [6, 6.07) is 1.65. The molecule has 1 aromatic carbocycles. The zero-order chi connectivity index (χ0) is 16.4. The van der Waals surface area contributed by atoms with E-state index >= 15 is 0 Å². The van der Waals surface area contributed by atoms with Crippen LogP contribution < -0.4 is 4.90 Å². The van der Waals surface area contributed by atoms with Crippen LogP contribution in [0.1, 0.15) is 23.7 Å². The highest BCUT2D eigenvalue weighted by Crippen LogP contribution is 2.33. The Morgan fingerprint density at radius 2 is 2.09 bits per heavy atom. The number of hydrogen-bond acceptors (Lipinski definition) is 4. The van der Waals surface area contributed by atoms with Crippen LogP contribution in [0.5, 0.6) is 0 Å². The van der Waals surface area contributed by atoms with Crippen LogP contribution in [-0.2, 0) is 9.59 Å². The topological polar surface area (TPSA) is 74.7 Å². The maximum absolute atomic E-state index is 14.0. The smallest absolute Gasteiger partial charge is 0.337 e. The molecule has 1 aromatic rings. The van der Waals surface area contributed by atoms with Crippen LogP contribution in [0.3, 0.4) is 0 Å². The first-order valence-electron chi connectivity index (χ1n) is 6.46. The molecule has 0 radical (unpaired) electrons. The van der Waals surface area contributed by atoms with Crippen molar-refractivity contribution >= 4 is 34.4 Å². The second-order valence-electron chi connectivity index (χ2n) is 4.94. The number of carbonyl (C=O) groups is 3. The highest BCUT2D eigenvalue weighted by Gasteiger charge is 2.35. The molecule has 1 aliphatic heterocycles. The maximum Gasteiger partial charge on any atom is 0.337 e. The molecule has 1 N–H and O–H groups in total. The van der Waals surface area contributed by atoms with Crippen LogP contribution in [0.15, 0.2) is 12.1 Å². The minimum absolute atomic E-state index is 0.0553. The summed E-state index contributed by atoms with van der Waals surface area (Å²) in [6.45, 7) is 1.45. The van der Waals surface area contributed by atoms with Crippen LogP contribution in [0.2, 0.25) is 0 Å². The Bertz CT molecular complexity index is 650. The highest BCUT2D eigenvalue weighted by molar-refractivity contribution is 8.13. The van der Waals surface area contributed by atoms with Gasteiger partial charge in [-0.25, -0.2) is 13.6 Å². The van der Waals surface area contributed by atoms with Crippen molar-refractivity contribution in [1.29, 1.82) is 0 Å². The molecular weight excluding hydrogens is 316 g/mol. The summed E-state index contributed by atoms with van der Waals surface area (Å²) in [5.41, 5.74) is -1.01. The molecule has 0 bridgehead atoms. The number of benzene rings is 1. The van der Waals surface area contributed by atoms with Gasteiger partial charge in [0, 0.05) is 25.6 Å². The fraction of sp³-hybridized carbons (Fsp3) is 0.357. The van der Waals surface area contributed by atoms with Gasteiger partial charge in [0.05, 0.1) is 11.3 Å². The molecule has 1 heterocycles. The van der Waals surface area contributed by atoms with Crippen LogP contribution in [0, 0.1) is 17.6 Å². The molecule has 1 atom stereocenters. The third-order valence-corrected chi connectivity index (χ3v) is 4.34. The van der Waals surface area contributed by atoms with E-state index < -0.39 is 34.8 Å². The predicted octanol–water partition coefficient (Wildman–Crippen LogP) is 2.30. The second kappa shape index (κ2) is 6.43. The molecule has 0 spiro atoms. The average Bonchev–Trinajstić information content (AvgIpc) is 2.80. The zero-order valence-corrected chi connectivity index (χ0v) is 12.5. The normalized spacial score (nSPS) is 17.9. The molecule has 22 heavy (non-hydrogen) atoms. The quantitative estimate of drug-likeness (QED) is 0.917. The Labute approximate surface area is 129 Å². The monoisotopic (exact) mass is 329 g/mol. The lowest BCUT2D eigenvalue weighted by molar-refractivity contribution is -0.117. The summed E-state index contributed by atoms with van der Waals surface area (Å²) in [5, 5.41) is 8.99. The van der Waals surface area contributed by atoms with Gasteiger partial charge < -0.3 is 10.0 Å². The van der Waals surface area contributed by atoms with Crippen LogP contribution in [0.4, 0.5) is 14.5 Å². The summed E-state index contributed by atoms with van der Waals surface area (Å²) in [6.07, 6.45) is 0.0648. The van der Waals surface area contributed by atoms with E-state index in [-0.39, 0.29) is 24.0 Å². The lowest BCUT2D eigenvalue weighted by atomic mass is 10.1. The Balaban J connectivity index is 2.32. The third-order valence-electron chi connectivity index (χ3n) is 3.30. The SMILES string of the molecule is CC(=O)SCC1CC(=O)N(c2c(C(=O)O)ccc(F)c2F)C1. The van der Waals surface area contributed by atoms with Crippen molar-refractivity contribution in [2.24, 2.45) is 5.92 Å².